The van der Waals surface area contributed by atoms with Gasteiger partial charge in [0.2, 0.25) is 0 Å². The Hall–Kier alpha value is -1.39. The van der Waals surface area contributed by atoms with E-state index in [1.54, 1.807) is 0 Å². The molecule has 0 spiro atoms. The average molecular weight is 316 g/mol. The van der Waals surface area contributed by atoms with Gasteiger partial charge in [-0.1, -0.05) is 32.4 Å². The highest BCUT2D eigenvalue weighted by Crippen LogP contribution is 2.26. The van der Waals surface area contributed by atoms with Gasteiger partial charge < -0.3 is 10.0 Å². The molecule has 1 aliphatic heterocycles. The molecule has 1 saturated carbocycles. The summed E-state index contributed by atoms with van der Waals surface area (Å²) in [7, 11) is 0. The van der Waals surface area contributed by atoms with E-state index in [2.05, 4.69) is 4.90 Å². The van der Waals surface area contributed by atoms with Crippen molar-refractivity contribution in [3.05, 3.63) is 35.4 Å². The van der Waals surface area contributed by atoms with Crippen molar-refractivity contribution in [1.82, 2.24) is 9.80 Å². The van der Waals surface area contributed by atoms with Crippen molar-refractivity contribution >= 4 is 5.91 Å². The van der Waals surface area contributed by atoms with Gasteiger partial charge in [0.15, 0.2) is 0 Å². The summed E-state index contributed by atoms with van der Waals surface area (Å²) in [4.78, 5) is 17.1. The molecule has 1 saturated heterocycles. The van der Waals surface area contributed by atoms with Crippen LogP contribution in [0.15, 0.2) is 24.3 Å². The molecule has 1 N–H and O–H groups in total. The lowest BCUT2D eigenvalue weighted by molar-refractivity contribution is 0.0455. The van der Waals surface area contributed by atoms with Gasteiger partial charge in [0.05, 0.1) is 6.10 Å². The van der Waals surface area contributed by atoms with E-state index in [0.29, 0.717) is 0 Å². The molecule has 1 aromatic rings. The summed E-state index contributed by atoms with van der Waals surface area (Å²) in [5, 5.41) is 10.1. The fourth-order valence-corrected chi connectivity index (χ4v) is 3.43. The first-order valence-electron chi connectivity index (χ1n) is 8.87. The molecule has 4 nitrogen and oxygen atoms in total. The second-order valence-corrected chi connectivity index (χ2v) is 7.22. The van der Waals surface area contributed by atoms with Crippen molar-refractivity contribution in [3.63, 3.8) is 0 Å². The molecule has 1 amide bonds. The zero-order chi connectivity index (χ0) is 16.4. The maximum Gasteiger partial charge on any atom is 0.253 e. The molecule has 0 radical (unpaired) electrons. The standard InChI is InChI=1S/C19H28N2O2/c1-14(2)18(22)15-6-8-16(9-7-15)19(23)21-12-10-20(11-13-21)17-4-3-5-17/h6-9,14,17-18,22H,3-5,10-13H2,1-2H3. The van der Waals surface area contributed by atoms with E-state index < -0.39 is 6.10 Å². The van der Waals surface area contributed by atoms with Gasteiger partial charge in [0, 0.05) is 37.8 Å². The second kappa shape index (κ2) is 7.02. The van der Waals surface area contributed by atoms with E-state index in [9.17, 15) is 9.90 Å². The van der Waals surface area contributed by atoms with Crippen LogP contribution in [0.25, 0.3) is 0 Å². The lowest BCUT2D eigenvalue weighted by Gasteiger charge is -2.42. The van der Waals surface area contributed by atoms with Crippen LogP contribution in [0.2, 0.25) is 0 Å². The van der Waals surface area contributed by atoms with Crippen molar-refractivity contribution in [2.24, 2.45) is 5.92 Å². The first-order valence-corrected chi connectivity index (χ1v) is 8.87. The van der Waals surface area contributed by atoms with Crippen LogP contribution >= 0.6 is 0 Å². The largest absolute Gasteiger partial charge is 0.388 e. The number of nitrogens with zero attached hydrogens (tertiary/aromatic N) is 2. The minimum Gasteiger partial charge on any atom is -0.388 e. The minimum atomic E-state index is -0.467. The number of piperazine rings is 1. The lowest BCUT2D eigenvalue weighted by atomic mass is 9.91. The van der Waals surface area contributed by atoms with Crippen LogP contribution in [0.1, 0.15) is 55.1 Å². The molecular weight excluding hydrogens is 288 g/mol. The van der Waals surface area contributed by atoms with Crippen LogP contribution < -0.4 is 0 Å². The molecule has 2 aliphatic rings. The molecule has 1 atom stereocenters. The number of carbonyl (C=O) groups excluding carboxylic acids is 1. The summed E-state index contributed by atoms with van der Waals surface area (Å²) in [6.07, 6.45) is 3.55. The summed E-state index contributed by atoms with van der Waals surface area (Å²) < 4.78 is 0. The van der Waals surface area contributed by atoms with Gasteiger partial charge in [-0.2, -0.15) is 0 Å². The smallest absolute Gasteiger partial charge is 0.253 e. The summed E-state index contributed by atoms with van der Waals surface area (Å²) in [6.45, 7) is 7.63. The van der Waals surface area contributed by atoms with Gasteiger partial charge in [-0.05, 0) is 36.5 Å². The van der Waals surface area contributed by atoms with E-state index in [1.807, 2.05) is 43.0 Å². The molecule has 2 fully saturated rings. The second-order valence-electron chi connectivity index (χ2n) is 7.22. The number of carbonyl (C=O) groups is 1. The van der Waals surface area contributed by atoms with Gasteiger partial charge >= 0.3 is 0 Å². The molecule has 23 heavy (non-hydrogen) atoms. The Bertz CT molecular complexity index is 529. The Morgan fingerprint density at radius 3 is 2.17 bits per heavy atom. The quantitative estimate of drug-likeness (QED) is 0.929. The van der Waals surface area contributed by atoms with Crippen LogP contribution in [0.3, 0.4) is 0 Å². The van der Waals surface area contributed by atoms with Crippen LogP contribution in [0.4, 0.5) is 0 Å². The molecule has 1 aliphatic carbocycles. The molecule has 126 valence electrons. The van der Waals surface area contributed by atoms with E-state index in [1.165, 1.54) is 19.3 Å². The van der Waals surface area contributed by atoms with Crippen molar-refractivity contribution in [2.75, 3.05) is 26.2 Å². The molecule has 4 heteroatoms. The third-order valence-electron chi connectivity index (χ3n) is 5.32. The van der Waals surface area contributed by atoms with Gasteiger partial charge in [-0.3, -0.25) is 9.69 Å². The van der Waals surface area contributed by atoms with E-state index in [4.69, 9.17) is 0 Å². The zero-order valence-corrected chi connectivity index (χ0v) is 14.2. The first kappa shape index (κ1) is 16.5. The highest BCUT2D eigenvalue weighted by atomic mass is 16.3. The maximum atomic E-state index is 12.6. The fourth-order valence-electron chi connectivity index (χ4n) is 3.43. The van der Waals surface area contributed by atoms with Crippen LogP contribution in [-0.4, -0.2) is 53.0 Å². The SMILES string of the molecule is CC(C)C(O)c1ccc(C(=O)N2CCN(C3CCC3)CC2)cc1. The Kier molecular flexibility index (Phi) is 5.02. The highest BCUT2D eigenvalue weighted by Gasteiger charge is 2.29. The van der Waals surface area contributed by atoms with Crippen molar-refractivity contribution < 1.29 is 9.90 Å². The number of hydrogen-bond donors (Lipinski definition) is 1. The summed E-state index contributed by atoms with van der Waals surface area (Å²) in [5.41, 5.74) is 1.60. The van der Waals surface area contributed by atoms with Gasteiger partial charge in [-0.15, -0.1) is 0 Å². The number of aliphatic hydroxyl groups excluding tert-OH is 1. The molecule has 0 bridgehead atoms. The molecule has 0 aromatic heterocycles. The van der Waals surface area contributed by atoms with Gasteiger partial charge in [-0.25, -0.2) is 0 Å². The van der Waals surface area contributed by atoms with Crippen LogP contribution in [-0.2, 0) is 0 Å². The number of rotatable bonds is 4. The lowest BCUT2D eigenvalue weighted by Crippen LogP contribution is -2.53. The molecule has 1 aromatic carbocycles. The Labute approximate surface area is 139 Å². The van der Waals surface area contributed by atoms with Gasteiger partial charge in [0.1, 0.15) is 0 Å². The minimum absolute atomic E-state index is 0.115. The predicted octanol–water partition coefficient (Wildman–Crippen LogP) is 2.69. The fraction of sp³-hybridized carbons (Fsp3) is 0.632. The number of aliphatic hydroxyl groups is 1. The van der Waals surface area contributed by atoms with Crippen molar-refractivity contribution in [2.45, 2.75) is 45.3 Å². The normalized spacial score (nSPS) is 21.3. The Balaban J connectivity index is 1.58. The Morgan fingerprint density at radius 1 is 1.09 bits per heavy atom. The van der Waals surface area contributed by atoms with Crippen LogP contribution in [0, 0.1) is 5.92 Å². The maximum absolute atomic E-state index is 12.6. The molecule has 1 unspecified atom stereocenters. The first-order chi connectivity index (χ1) is 11.1. The summed E-state index contributed by atoms with van der Waals surface area (Å²) in [6, 6.07) is 8.22. The Morgan fingerprint density at radius 2 is 1.70 bits per heavy atom. The van der Waals surface area contributed by atoms with Crippen molar-refractivity contribution in [3.8, 4) is 0 Å². The number of amides is 1. The zero-order valence-electron chi connectivity index (χ0n) is 14.2. The molecule has 1 heterocycles. The monoisotopic (exact) mass is 316 g/mol. The third-order valence-corrected chi connectivity index (χ3v) is 5.32. The van der Waals surface area contributed by atoms with E-state index in [-0.39, 0.29) is 11.8 Å². The van der Waals surface area contributed by atoms with E-state index in [0.717, 1.165) is 43.3 Å². The number of benzene rings is 1. The molecule has 3 rings (SSSR count). The predicted molar refractivity (Wildman–Crippen MR) is 91.4 cm³/mol. The van der Waals surface area contributed by atoms with E-state index >= 15 is 0 Å². The highest BCUT2D eigenvalue weighted by molar-refractivity contribution is 5.94. The third kappa shape index (κ3) is 3.59. The van der Waals surface area contributed by atoms with Gasteiger partial charge in [0.25, 0.3) is 5.91 Å². The summed E-state index contributed by atoms with van der Waals surface area (Å²) in [5.74, 6) is 0.292. The van der Waals surface area contributed by atoms with Crippen molar-refractivity contribution in [1.29, 1.82) is 0 Å². The number of hydrogen-bond acceptors (Lipinski definition) is 3. The topological polar surface area (TPSA) is 43.8 Å². The summed E-state index contributed by atoms with van der Waals surface area (Å²) >= 11 is 0. The average Bonchev–Trinajstić information content (AvgIpc) is 2.53. The molecular formula is C19H28N2O2. The van der Waals surface area contributed by atoms with Crippen LogP contribution in [0.5, 0.6) is 0 Å².